The lowest BCUT2D eigenvalue weighted by Gasteiger charge is -2.23. The lowest BCUT2D eigenvalue weighted by molar-refractivity contribution is -0.807. The van der Waals surface area contributed by atoms with Gasteiger partial charge in [-0.15, -0.1) is 15.4 Å². The van der Waals surface area contributed by atoms with E-state index in [4.69, 9.17) is 9.47 Å². The van der Waals surface area contributed by atoms with E-state index in [9.17, 15) is 23.6 Å². The number of anilines is 3. The van der Waals surface area contributed by atoms with Crippen LogP contribution in [-0.4, -0.2) is 49.8 Å². The number of nitrogens with zero attached hydrogens (tertiary/aromatic N) is 5. The molecular formula is C27H23N7O8S. The van der Waals surface area contributed by atoms with Crippen LogP contribution in [0.5, 0.6) is 11.5 Å². The summed E-state index contributed by atoms with van der Waals surface area (Å²) < 4.78 is 43.5. The molecule has 1 amide bonds. The Kier molecular flexibility index (Phi) is 6.83. The number of carbonyl (C=O) groups excluding carboxylic acids is 1. The van der Waals surface area contributed by atoms with Gasteiger partial charge in [-0.25, -0.2) is 8.42 Å². The topological polar surface area (TPSA) is 186 Å². The van der Waals surface area contributed by atoms with Crippen molar-refractivity contribution in [2.75, 3.05) is 29.4 Å². The van der Waals surface area contributed by atoms with Crippen LogP contribution in [0.1, 0.15) is 21.7 Å². The van der Waals surface area contributed by atoms with Gasteiger partial charge in [0.25, 0.3) is 21.6 Å². The van der Waals surface area contributed by atoms with Crippen LogP contribution < -0.4 is 29.5 Å². The number of sulfonamides is 1. The normalized spacial score (nSPS) is 13.9. The Hall–Kier alpha value is -5.61. The van der Waals surface area contributed by atoms with Gasteiger partial charge in [-0.1, -0.05) is 12.1 Å². The van der Waals surface area contributed by atoms with Gasteiger partial charge in [0.2, 0.25) is 5.69 Å². The number of hydroxylamine groups is 1. The van der Waals surface area contributed by atoms with Gasteiger partial charge >= 0.3 is 0 Å². The van der Waals surface area contributed by atoms with E-state index in [0.717, 1.165) is 10.3 Å². The molecule has 0 saturated carbocycles. The van der Waals surface area contributed by atoms with Gasteiger partial charge in [0.05, 0.1) is 30.5 Å². The first-order chi connectivity index (χ1) is 20.7. The summed E-state index contributed by atoms with van der Waals surface area (Å²) in [6.45, 7) is 0. The second-order valence-electron chi connectivity index (χ2n) is 9.25. The lowest BCUT2D eigenvalue weighted by Crippen LogP contribution is -2.34. The molecule has 43 heavy (non-hydrogen) atoms. The van der Waals surface area contributed by atoms with Crippen molar-refractivity contribution in [3.8, 4) is 11.5 Å². The zero-order valence-electron chi connectivity index (χ0n) is 22.6. The Labute approximate surface area is 244 Å². The monoisotopic (exact) mass is 605 g/mol. The number of hydrazine groups is 1. The molecule has 220 valence electrons. The zero-order chi connectivity index (χ0) is 30.3. The Morgan fingerprint density at radius 1 is 1.05 bits per heavy atom. The Balaban J connectivity index is 1.19. The number of fused-ring (bicyclic) bond motifs is 3. The minimum atomic E-state index is -3.99. The van der Waals surface area contributed by atoms with Crippen LogP contribution in [0.25, 0.3) is 0 Å². The van der Waals surface area contributed by atoms with E-state index in [-0.39, 0.29) is 50.3 Å². The molecule has 1 aliphatic carbocycles. The van der Waals surface area contributed by atoms with Gasteiger partial charge in [0.15, 0.2) is 17.2 Å². The molecule has 0 saturated heterocycles. The molecule has 0 atom stereocenters. The van der Waals surface area contributed by atoms with Crippen molar-refractivity contribution < 1.29 is 37.4 Å². The molecule has 6 rings (SSSR count). The predicted octanol–water partition coefficient (Wildman–Crippen LogP) is 2.65. The van der Waals surface area contributed by atoms with Gasteiger partial charge in [0, 0.05) is 28.9 Å². The maximum atomic E-state index is 13.2. The fourth-order valence-electron chi connectivity index (χ4n) is 4.54. The van der Waals surface area contributed by atoms with Gasteiger partial charge in [-0.3, -0.25) is 19.4 Å². The summed E-state index contributed by atoms with van der Waals surface area (Å²) in [6, 6.07) is 16.7. The highest BCUT2D eigenvalue weighted by molar-refractivity contribution is 7.92. The maximum absolute atomic E-state index is 13.2. The highest BCUT2D eigenvalue weighted by Crippen LogP contribution is 2.32. The van der Waals surface area contributed by atoms with E-state index in [1.165, 1.54) is 44.6 Å². The number of rotatable bonds is 8. The summed E-state index contributed by atoms with van der Waals surface area (Å²) in [4.78, 5) is 13.4. The zero-order valence-corrected chi connectivity index (χ0v) is 23.4. The van der Waals surface area contributed by atoms with Crippen molar-refractivity contribution in [3.63, 3.8) is 0 Å². The summed E-state index contributed by atoms with van der Waals surface area (Å²) in [5, 5.41) is 35.3. The number of carbonyl (C=O) groups is 1. The minimum Gasteiger partial charge on any atom is -0.493 e. The first-order valence-electron chi connectivity index (χ1n) is 12.6. The highest BCUT2D eigenvalue weighted by Gasteiger charge is 2.40. The number of hydrazone groups is 1. The number of hydrogen-bond acceptors (Lipinski definition) is 12. The second-order valence-corrected chi connectivity index (χ2v) is 10.9. The molecule has 3 N–H and O–H groups in total. The molecule has 3 aromatic carbocycles. The van der Waals surface area contributed by atoms with Gasteiger partial charge in [-0.05, 0) is 59.5 Å². The van der Waals surface area contributed by atoms with Crippen molar-refractivity contribution in [3.05, 3.63) is 101 Å². The fraction of sp³-hybridized carbons (Fsp3) is 0.111. The summed E-state index contributed by atoms with van der Waals surface area (Å²) in [6.07, 6.45) is 1.79. The van der Waals surface area contributed by atoms with E-state index >= 15 is 0 Å². The molecule has 4 aromatic rings. The molecule has 2 heterocycles. The highest BCUT2D eigenvalue weighted by atomic mass is 32.2. The second kappa shape index (κ2) is 10.7. The molecule has 15 nitrogen and oxygen atoms in total. The quantitative estimate of drug-likeness (QED) is 0.251. The molecule has 0 fully saturated rings. The Morgan fingerprint density at radius 3 is 2.60 bits per heavy atom. The molecule has 0 spiro atoms. The summed E-state index contributed by atoms with van der Waals surface area (Å²) in [5.74, 6) is 0.142. The van der Waals surface area contributed by atoms with Crippen molar-refractivity contribution in [1.82, 2.24) is 10.3 Å². The molecule has 2 aliphatic rings. The van der Waals surface area contributed by atoms with E-state index in [0.29, 0.717) is 22.8 Å². The third-order valence-electron chi connectivity index (χ3n) is 6.62. The van der Waals surface area contributed by atoms with E-state index in [2.05, 4.69) is 24.9 Å². The van der Waals surface area contributed by atoms with E-state index in [1.54, 1.807) is 42.5 Å². The largest absolute Gasteiger partial charge is 0.493 e. The summed E-state index contributed by atoms with van der Waals surface area (Å²) >= 11 is 0. The number of nitrogens with one attached hydrogen (secondary N) is 2. The van der Waals surface area contributed by atoms with Gasteiger partial charge < -0.3 is 20.0 Å². The van der Waals surface area contributed by atoms with Gasteiger partial charge in [-0.2, -0.15) is 0 Å². The SMILES string of the molecule is COc1ccc(S(=O)(=O)Nc2cccc(NC(=O)c3cccc(N4N=C5C(=CCc6c5no[n+]6[O-])N4O)c3)c2)cc1OC. The first-order valence-corrected chi connectivity index (χ1v) is 14.1. The number of amides is 1. The van der Waals surface area contributed by atoms with Crippen LogP contribution in [0.4, 0.5) is 17.1 Å². The van der Waals surface area contributed by atoms with Crippen LogP contribution >= 0.6 is 0 Å². The van der Waals surface area contributed by atoms with Crippen LogP contribution in [0.15, 0.2) is 93.1 Å². The van der Waals surface area contributed by atoms with E-state index in [1.807, 2.05) is 0 Å². The average Bonchev–Trinajstić information content (AvgIpc) is 3.56. The third-order valence-corrected chi connectivity index (χ3v) is 8.00. The van der Waals surface area contributed by atoms with Crippen LogP contribution in [0, 0.1) is 5.21 Å². The predicted molar refractivity (Wildman–Crippen MR) is 151 cm³/mol. The van der Waals surface area contributed by atoms with Crippen LogP contribution in [0.3, 0.4) is 0 Å². The van der Waals surface area contributed by atoms with E-state index < -0.39 is 15.9 Å². The summed E-state index contributed by atoms with van der Waals surface area (Å²) in [7, 11) is -1.14. The fourth-order valence-corrected chi connectivity index (χ4v) is 5.61. The van der Waals surface area contributed by atoms with Crippen molar-refractivity contribution in [1.29, 1.82) is 0 Å². The van der Waals surface area contributed by atoms with Crippen molar-refractivity contribution in [2.24, 2.45) is 5.10 Å². The molecule has 0 radical (unpaired) electrons. The third kappa shape index (κ3) is 5.04. The average molecular weight is 606 g/mol. The molecule has 1 aliphatic heterocycles. The first kappa shape index (κ1) is 27.6. The van der Waals surface area contributed by atoms with Gasteiger partial charge in [0.1, 0.15) is 5.70 Å². The smallest absolute Gasteiger partial charge is 0.274 e. The standard InChI is InChI=1S/C27H23N7O8S/c1-40-23-12-9-20(15-24(23)41-2)43(38,39)31-18-7-4-6-17(14-18)28-27(35)16-5-3-8-19(13-16)32-29-25-21(33(32)36)10-11-22-26(25)30-42-34(22)37/h3-10,12-15,31,36H,11H2,1-2H3,(H,28,35). The Morgan fingerprint density at radius 2 is 1.81 bits per heavy atom. The molecular weight excluding hydrogens is 582 g/mol. The van der Waals surface area contributed by atoms with Crippen LogP contribution in [0.2, 0.25) is 0 Å². The van der Waals surface area contributed by atoms with Crippen molar-refractivity contribution >= 4 is 38.7 Å². The minimum absolute atomic E-state index is 0.0394. The molecule has 0 unspecified atom stereocenters. The number of benzene rings is 3. The number of aromatic nitrogens is 2. The van der Waals surface area contributed by atoms with Crippen molar-refractivity contribution in [2.45, 2.75) is 11.3 Å². The lowest BCUT2D eigenvalue weighted by atomic mass is 10.0. The molecule has 1 aromatic heterocycles. The summed E-state index contributed by atoms with van der Waals surface area (Å²) in [5.41, 5.74) is 2.14. The van der Waals surface area contributed by atoms with Crippen LogP contribution in [-0.2, 0) is 16.4 Å². The molecule has 0 bridgehead atoms. The number of methoxy groups -OCH3 is 2. The number of hydrogen-bond donors (Lipinski definition) is 3. The Bertz CT molecular complexity index is 1920. The maximum Gasteiger partial charge on any atom is 0.274 e. The number of allylic oxidation sites excluding steroid dienone is 2. The number of ether oxygens (including phenoxy) is 2. The molecule has 16 heteroatoms.